The fraction of sp³-hybridized carbons (Fsp3) is 0.789. The van der Waals surface area contributed by atoms with Crippen LogP contribution in [0.25, 0.3) is 0 Å². The van der Waals surface area contributed by atoms with Crippen LogP contribution in [0.2, 0.25) is 0 Å². The molecule has 0 amide bonds. The maximum Gasteiger partial charge on any atom is 0.0858 e. The molecule has 0 bridgehead atoms. The highest BCUT2D eigenvalue weighted by molar-refractivity contribution is 5.39. The molecule has 3 saturated carbocycles. The van der Waals surface area contributed by atoms with E-state index in [4.69, 9.17) is 0 Å². The van der Waals surface area contributed by atoms with Crippen LogP contribution < -0.4 is 0 Å². The second-order valence-electron chi connectivity index (χ2n) is 8.72. The summed E-state index contributed by atoms with van der Waals surface area (Å²) in [7, 11) is 0. The lowest BCUT2D eigenvalue weighted by atomic mass is 9.51. The zero-order valence-electron chi connectivity index (χ0n) is 13.9. The molecule has 4 rings (SSSR count). The highest BCUT2D eigenvalue weighted by Gasteiger charge is 2.59. The van der Waals surface area contributed by atoms with E-state index in [1.54, 1.807) is 0 Å². The van der Waals surface area contributed by atoms with Gasteiger partial charge in [-0.1, -0.05) is 37.1 Å². The molecule has 0 heterocycles. The highest BCUT2D eigenvalue weighted by Crippen LogP contribution is 2.63. The minimum absolute atomic E-state index is 0.109. The second kappa shape index (κ2) is 4.92. The molecule has 4 N–H and O–H groups in total. The normalized spacial score (nSPS) is 55.4. The Kier molecular flexibility index (Phi) is 3.38. The predicted molar refractivity (Wildman–Crippen MR) is 86.5 cm³/mol. The van der Waals surface area contributed by atoms with Gasteiger partial charge in [0.15, 0.2) is 0 Å². The number of rotatable bonds is 0. The lowest BCUT2D eigenvalue weighted by Crippen LogP contribution is -2.50. The molecule has 8 atom stereocenters. The fourth-order valence-corrected chi connectivity index (χ4v) is 6.03. The van der Waals surface area contributed by atoms with E-state index in [1.807, 2.05) is 0 Å². The van der Waals surface area contributed by atoms with Crippen molar-refractivity contribution in [2.75, 3.05) is 0 Å². The average molecular weight is 320 g/mol. The fourth-order valence-electron chi connectivity index (χ4n) is 6.03. The van der Waals surface area contributed by atoms with Gasteiger partial charge in [-0.3, -0.25) is 0 Å². The summed E-state index contributed by atoms with van der Waals surface area (Å²) in [6.45, 7) is 4.33. The van der Waals surface area contributed by atoms with Crippen molar-refractivity contribution in [3.8, 4) is 0 Å². The van der Waals surface area contributed by atoms with Crippen LogP contribution in [-0.4, -0.2) is 44.8 Å². The summed E-state index contributed by atoms with van der Waals surface area (Å²) in [4.78, 5) is 0. The first-order valence-corrected chi connectivity index (χ1v) is 8.91. The smallest absolute Gasteiger partial charge is 0.0858 e. The Bertz CT molecular complexity index is 582. The molecule has 0 aromatic rings. The third-order valence-corrected chi connectivity index (χ3v) is 7.58. The first-order valence-electron chi connectivity index (χ1n) is 8.91. The van der Waals surface area contributed by atoms with E-state index < -0.39 is 24.4 Å². The summed E-state index contributed by atoms with van der Waals surface area (Å²) in [5.74, 6) is 0.560. The lowest BCUT2D eigenvalue weighted by molar-refractivity contribution is -0.0564. The maximum absolute atomic E-state index is 10.5. The first-order chi connectivity index (χ1) is 10.8. The Morgan fingerprint density at radius 2 is 1.70 bits per heavy atom. The van der Waals surface area contributed by atoms with Gasteiger partial charge in [0.2, 0.25) is 0 Å². The van der Waals surface area contributed by atoms with Gasteiger partial charge in [-0.05, 0) is 49.4 Å². The molecule has 0 saturated heterocycles. The predicted octanol–water partition coefficient (Wildman–Crippen LogP) is 1.53. The Morgan fingerprint density at radius 1 is 0.957 bits per heavy atom. The lowest BCUT2D eigenvalue weighted by Gasteiger charge is -2.54. The van der Waals surface area contributed by atoms with Crippen LogP contribution in [0.4, 0.5) is 0 Å². The van der Waals surface area contributed by atoms with E-state index in [0.29, 0.717) is 25.2 Å². The summed E-state index contributed by atoms with van der Waals surface area (Å²) < 4.78 is 0. The quantitative estimate of drug-likeness (QED) is 0.546. The molecule has 0 aromatic heterocycles. The Labute approximate surface area is 137 Å². The Morgan fingerprint density at radius 3 is 2.43 bits per heavy atom. The molecule has 23 heavy (non-hydrogen) atoms. The van der Waals surface area contributed by atoms with Crippen molar-refractivity contribution in [1.29, 1.82) is 0 Å². The molecular weight excluding hydrogens is 292 g/mol. The van der Waals surface area contributed by atoms with Crippen molar-refractivity contribution in [2.45, 2.75) is 70.4 Å². The van der Waals surface area contributed by atoms with E-state index in [-0.39, 0.29) is 16.7 Å². The third kappa shape index (κ3) is 1.98. The maximum atomic E-state index is 10.5. The van der Waals surface area contributed by atoms with Gasteiger partial charge in [-0.25, -0.2) is 0 Å². The standard InChI is InChI=1S/C19H28O4/c1-18-6-5-12-11(13(18)8-15(21)17(18)23)4-3-10-7-14(20)16(22)9-19(10,12)2/h3-4,12-17,20-23H,5-9H2,1-2H3/t12-,13-,14+,15+,16+,17-,18-,19-/m0/s1. The zero-order chi connectivity index (χ0) is 16.6. The van der Waals surface area contributed by atoms with Gasteiger partial charge >= 0.3 is 0 Å². The van der Waals surface area contributed by atoms with Gasteiger partial charge in [0.25, 0.3) is 0 Å². The summed E-state index contributed by atoms with van der Waals surface area (Å²) >= 11 is 0. The van der Waals surface area contributed by atoms with Crippen molar-refractivity contribution in [2.24, 2.45) is 22.7 Å². The van der Waals surface area contributed by atoms with Gasteiger partial charge in [0.1, 0.15) is 0 Å². The third-order valence-electron chi connectivity index (χ3n) is 7.58. The summed E-state index contributed by atoms with van der Waals surface area (Å²) in [6.07, 6.45) is 5.35. The van der Waals surface area contributed by atoms with Crippen LogP contribution in [-0.2, 0) is 0 Å². The van der Waals surface area contributed by atoms with Gasteiger partial charge in [-0.2, -0.15) is 0 Å². The minimum Gasteiger partial charge on any atom is -0.390 e. The van der Waals surface area contributed by atoms with E-state index in [1.165, 1.54) is 11.1 Å². The van der Waals surface area contributed by atoms with Crippen molar-refractivity contribution >= 4 is 0 Å². The summed E-state index contributed by atoms with van der Waals surface area (Å²) in [5.41, 5.74) is 2.23. The second-order valence-corrected chi connectivity index (χ2v) is 8.72. The highest BCUT2D eigenvalue weighted by atomic mass is 16.3. The molecule has 3 fully saturated rings. The van der Waals surface area contributed by atoms with E-state index in [9.17, 15) is 20.4 Å². The molecule has 0 radical (unpaired) electrons. The first kappa shape index (κ1) is 15.8. The Hall–Kier alpha value is -0.680. The molecule has 0 spiro atoms. The van der Waals surface area contributed by atoms with E-state index >= 15 is 0 Å². The van der Waals surface area contributed by atoms with Crippen LogP contribution in [0.15, 0.2) is 23.3 Å². The van der Waals surface area contributed by atoms with Crippen molar-refractivity contribution in [3.05, 3.63) is 23.3 Å². The molecule has 4 nitrogen and oxygen atoms in total. The van der Waals surface area contributed by atoms with Gasteiger partial charge in [0, 0.05) is 5.41 Å². The Balaban J connectivity index is 1.74. The van der Waals surface area contributed by atoms with Gasteiger partial charge in [-0.15, -0.1) is 0 Å². The number of aliphatic hydroxyl groups excluding tert-OH is 4. The van der Waals surface area contributed by atoms with Crippen LogP contribution >= 0.6 is 0 Å². The molecular formula is C19H28O4. The number of fused-ring (bicyclic) bond motifs is 5. The largest absolute Gasteiger partial charge is 0.390 e. The van der Waals surface area contributed by atoms with Crippen molar-refractivity contribution < 1.29 is 20.4 Å². The molecule has 0 unspecified atom stereocenters. The molecule has 4 heteroatoms. The molecule has 4 aliphatic carbocycles. The van der Waals surface area contributed by atoms with Crippen LogP contribution in [0.3, 0.4) is 0 Å². The summed E-state index contributed by atoms with van der Waals surface area (Å²) in [6, 6.07) is 0. The molecule has 128 valence electrons. The van der Waals surface area contributed by atoms with Crippen molar-refractivity contribution in [1.82, 2.24) is 0 Å². The molecule has 0 aliphatic heterocycles. The molecule has 4 aliphatic rings. The molecule has 0 aromatic carbocycles. The van der Waals surface area contributed by atoms with Gasteiger partial charge < -0.3 is 20.4 Å². The number of hydrogen-bond donors (Lipinski definition) is 4. The zero-order valence-corrected chi connectivity index (χ0v) is 13.9. The number of aliphatic hydroxyl groups is 4. The topological polar surface area (TPSA) is 80.9 Å². The minimum atomic E-state index is -0.662. The number of hydrogen-bond acceptors (Lipinski definition) is 4. The SMILES string of the molecule is C[C@]12CC[C@H]3C(=CC=C4C[C@@H](O)[C@H](O)C[C@@]43C)[C@@H]1C[C@@H](O)[C@@H]2O. The van der Waals surface area contributed by atoms with Crippen LogP contribution in [0, 0.1) is 22.7 Å². The van der Waals surface area contributed by atoms with Crippen LogP contribution in [0.1, 0.15) is 46.0 Å². The summed E-state index contributed by atoms with van der Waals surface area (Å²) in [5, 5.41) is 40.9. The van der Waals surface area contributed by atoms with E-state index in [2.05, 4.69) is 26.0 Å². The van der Waals surface area contributed by atoms with Crippen LogP contribution in [0.5, 0.6) is 0 Å². The number of allylic oxidation sites excluding steroid dienone is 3. The monoisotopic (exact) mass is 320 g/mol. The average Bonchev–Trinajstić information content (AvgIpc) is 2.73. The van der Waals surface area contributed by atoms with Crippen molar-refractivity contribution in [3.63, 3.8) is 0 Å². The van der Waals surface area contributed by atoms with E-state index in [0.717, 1.165) is 12.8 Å². The van der Waals surface area contributed by atoms with Gasteiger partial charge in [0.05, 0.1) is 24.4 Å².